The lowest BCUT2D eigenvalue weighted by Gasteiger charge is -2.17. The van der Waals surface area contributed by atoms with E-state index in [1.54, 1.807) is 71.3 Å². The van der Waals surface area contributed by atoms with E-state index in [9.17, 15) is 13.2 Å². The Morgan fingerprint density at radius 3 is 2.27 bits per heavy atom. The van der Waals surface area contributed by atoms with Crippen LogP contribution in [-0.2, 0) is 21.4 Å². The minimum atomic E-state index is -3.75. The zero-order chi connectivity index (χ0) is 27.7. The van der Waals surface area contributed by atoms with E-state index < -0.39 is 10.0 Å². The van der Waals surface area contributed by atoms with Crippen LogP contribution in [0.1, 0.15) is 5.56 Å². The van der Waals surface area contributed by atoms with Gasteiger partial charge in [0, 0.05) is 11.9 Å². The van der Waals surface area contributed by atoms with Gasteiger partial charge < -0.3 is 4.90 Å². The van der Waals surface area contributed by atoms with Crippen molar-refractivity contribution in [2.75, 3.05) is 16.7 Å². The van der Waals surface area contributed by atoms with Crippen molar-refractivity contribution in [1.29, 1.82) is 0 Å². The van der Waals surface area contributed by atoms with E-state index in [4.69, 9.17) is 4.99 Å². The Morgan fingerprint density at radius 1 is 0.825 bits per heavy atom. The number of carbonyl (C=O) groups is 1. The molecule has 0 unspecified atom stereocenters. The molecule has 2 aliphatic rings. The second kappa shape index (κ2) is 10.9. The fourth-order valence-corrected chi connectivity index (χ4v) is 7.80. The van der Waals surface area contributed by atoms with Gasteiger partial charge in [0.15, 0.2) is 5.17 Å². The second-order valence-electron chi connectivity index (χ2n) is 9.11. The average molecular weight is 585 g/mol. The highest BCUT2D eigenvalue weighted by atomic mass is 32.2. The number of sulfonamides is 1. The summed E-state index contributed by atoms with van der Waals surface area (Å²) < 4.78 is 28.3. The van der Waals surface area contributed by atoms with Gasteiger partial charge in [0.25, 0.3) is 15.9 Å². The van der Waals surface area contributed by atoms with E-state index in [1.165, 1.54) is 11.8 Å². The predicted molar refractivity (Wildman–Crippen MR) is 163 cm³/mol. The Bertz CT molecular complexity index is 1760. The predicted octanol–water partition coefficient (Wildman–Crippen LogP) is 6.66. The molecule has 0 aromatic heterocycles. The van der Waals surface area contributed by atoms with Crippen LogP contribution < -0.4 is 9.62 Å². The van der Waals surface area contributed by atoms with Gasteiger partial charge in [-0.1, -0.05) is 78.5 Å². The number of fused-ring (bicyclic) bond motifs is 1. The maximum Gasteiger partial charge on any atom is 0.269 e. The standard InChI is InChI=1S/C30H24N4O3S3/c1-33-25-17-8-9-18-26(25)38-29(33)27-28(35)34(20-21-11-4-2-5-12-21)30(39-27)31-22-13-10-14-23(19-22)32-40(36,37)24-15-6-3-7-16-24/h2-19,32H,20H2,1H3/b29-27-,31-30-. The summed E-state index contributed by atoms with van der Waals surface area (Å²) in [5.74, 6) is -0.115. The summed E-state index contributed by atoms with van der Waals surface area (Å²) in [5.41, 5.74) is 2.95. The van der Waals surface area contributed by atoms with Gasteiger partial charge in [0.1, 0.15) is 4.91 Å². The summed E-state index contributed by atoms with van der Waals surface area (Å²) in [7, 11) is -1.79. The van der Waals surface area contributed by atoms with E-state index >= 15 is 0 Å². The molecular weight excluding hydrogens is 561 g/mol. The van der Waals surface area contributed by atoms with E-state index in [2.05, 4.69) is 4.72 Å². The molecule has 0 saturated carbocycles. The smallest absolute Gasteiger partial charge is 0.269 e. The van der Waals surface area contributed by atoms with Crippen LogP contribution in [0.4, 0.5) is 17.1 Å². The summed E-state index contributed by atoms with van der Waals surface area (Å²) in [6, 6.07) is 32.9. The average Bonchev–Trinajstić information content (AvgIpc) is 3.45. The number of hydrogen-bond acceptors (Lipinski definition) is 7. The number of anilines is 2. The number of amidine groups is 1. The molecule has 0 aliphatic carbocycles. The Morgan fingerprint density at radius 2 is 1.52 bits per heavy atom. The molecule has 7 nitrogen and oxygen atoms in total. The normalized spacial score (nSPS) is 17.9. The molecule has 4 aromatic rings. The van der Waals surface area contributed by atoms with Crippen molar-refractivity contribution < 1.29 is 13.2 Å². The topological polar surface area (TPSA) is 82.1 Å². The Balaban J connectivity index is 1.35. The largest absolute Gasteiger partial charge is 0.337 e. The molecule has 0 radical (unpaired) electrons. The van der Waals surface area contributed by atoms with E-state index in [-0.39, 0.29) is 10.8 Å². The molecule has 2 aliphatic heterocycles. The number of hydrogen-bond donors (Lipinski definition) is 1. The van der Waals surface area contributed by atoms with Crippen LogP contribution in [-0.4, -0.2) is 31.4 Å². The van der Waals surface area contributed by atoms with Gasteiger partial charge in [-0.2, -0.15) is 0 Å². The molecule has 2 heterocycles. The Hall–Kier alpha value is -3.99. The molecule has 4 aromatic carbocycles. The van der Waals surface area contributed by atoms with Gasteiger partial charge in [-0.15, -0.1) is 0 Å². The number of thioether (sulfide) groups is 2. The summed E-state index contributed by atoms with van der Waals surface area (Å²) in [5, 5.41) is 1.40. The Kier molecular flexibility index (Phi) is 7.14. The van der Waals surface area contributed by atoms with Crippen LogP contribution in [0.5, 0.6) is 0 Å². The van der Waals surface area contributed by atoms with Gasteiger partial charge in [-0.25, -0.2) is 13.4 Å². The SMILES string of the molecule is CN1/C(=C2/S/C(=N\c3cccc(NS(=O)(=O)c4ccccc4)c3)N(Cc3ccccc3)C2=O)Sc2ccccc21. The first-order chi connectivity index (χ1) is 19.4. The zero-order valence-corrected chi connectivity index (χ0v) is 23.8. The molecular formula is C30H24N4O3S3. The summed E-state index contributed by atoms with van der Waals surface area (Å²) >= 11 is 2.91. The number of rotatable bonds is 6. The number of amides is 1. The summed E-state index contributed by atoms with van der Waals surface area (Å²) in [4.78, 5) is 24.3. The maximum absolute atomic E-state index is 13.8. The first kappa shape index (κ1) is 26.2. The van der Waals surface area contributed by atoms with Gasteiger partial charge in [0.05, 0.1) is 33.5 Å². The molecule has 1 saturated heterocycles. The number of nitrogens with zero attached hydrogens (tertiary/aromatic N) is 3. The van der Waals surface area contributed by atoms with Crippen molar-refractivity contribution in [1.82, 2.24) is 4.90 Å². The van der Waals surface area contributed by atoms with Crippen molar-refractivity contribution in [3.8, 4) is 0 Å². The van der Waals surface area contributed by atoms with Crippen molar-refractivity contribution in [2.24, 2.45) is 4.99 Å². The highest BCUT2D eigenvalue weighted by Crippen LogP contribution is 2.50. The minimum Gasteiger partial charge on any atom is -0.337 e. The van der Waals surface area contributed by atoms with Gasteiger partial charge in [-0.3, -0.25) is 14.4 Å². The third kappa shape index (κ3) is 5.25. The van der Waals surface area contributed by atoms with Crippen LogP contribution in [0.25, 0.3) is 0 Å². The maximum atomic E-state index is 13.8. The second-order valence-corrected chi connectivity index (χ2v) is 12.8. The van der Waals surface area contributed by atoms with Crippen molar-refractivity contribution in [3.05, 3.63) is 125 Å². The van der Waals surface area contributed by atoms with Crippen LogP contribution in [0, 0.1) is 0 Å². The highest BCUT2D eigenvalue weighted by molar-refractivity contribution is 8.19. The zero-order valence-electron chi connectivity index (χ0n) is 21.4. The first-order valence-corrected chi connectivity index (χ1v) is 15.6. The van der Waals surface area contributed by atoms with Crippen LogP contribution in [0.2, 0.25) is 0 Å². The minimum absolute atomic E-state index is 0.115. The van der Waals surface area contributed by atoms with Gasteiger partial charge >= 0.3 is 0 Å². The van der Waals surface area contributed by atoms with Crippen molar-refractivity contribution >= 4 is 61.7 Å². The van der Waals surface area contributed by atoms with Crippen molar-refractivity contribution in [2.45, 2.75) is 16.3 Å². The highest BCUT2D eigenvalue weighted by Gasteiger charge is 2.39. The first-order valence-electron chi connectivity index (χ1n) is 12.4. The van der Waals surface area contributed by atoms with Crippen LogP contribution >= 0.6 is 23.5 Å². The molecule has 10 heteroatoms. The molecule has 0 atom stereocenters. The lowest BCUT2D eigenvalue weighted by atomic mass is 10.2. The molecule has 40 heavy (non-hydrogen) atoms. The van der Waals surface area contributed by atoms with Gasteiger partial charge in [-0.05, 0) is 59.8 Å². The number of para-hydroxylation sites is 1. The number of nitrogens with one attached hydrogen (secondary N) is 1. The third-order valence-electron chi connectivity index (χ3n) is 6.36. The van der Waals surface area contributed by atoms with E-state index in [1.807, 2.05) is 66.5 Å². The molecule has 1 fully saturated rings. The number of carbonyl (C=O) groups excluding carboxylic acids is 1. The fraction of sp³-hybridized carbons (Fsp3) is 0.0667. The molecule has 0 spiro atoms. The molecule has 0 bridgehead atoms. The fourth-order valence-electron chi connectivity index (χ4n) is 4.39. The number of benzene rings is 4. The third-order valence-corrected chi connectivity index (χ3v) is 10.2. The molecule has 1 N–H and O–H groups in total. The van der Waals surface area contributed by atoms with Crippen molar-refractivity contribution in [3.63, 3.8) is 0 Å². The summed E-state index contributed by atoms with van der Waals surface area (Å²) in [6.07, 6.45) is 0. The lowest BCUT2D eigenvalue weighted by Crippen LogP contribution is -2.29. The van der Waals surface area contributed by atoms with Crippen LogP contribution in [0.15, 0.2) is 134 Å². The molecule has 1 amide bonds. The summed E-state index contributed by atoms with van der Waals surface area (Å²) in [6.45, 7) is 0.365. The monoisotopic (exact) mass is 584 g/mol. The quantitative estimate of drug-likeness (QED) is 0.255. The van der Waals surface area contributed by atoms with Crippen LogP contribution in [0.3, 0.4) is 0 Å². The van der Waals surface area contributed by atoms with E-state index in [0.29, 0.717) is 28.0 Å². The van der Waals surface area contributed by atoms with E-state index in [0.717, 1.165) is 21.2 Å². The van der Waals surface area contributed by atoms with Gasteiger partial charge in [0.2, 0.25) is 0 Å². The molecule has 200 valence electrons. The number of aliphatic imine (C=N–C) groups is 1. The Labute approximate surface area is 241 Å². The lowest BCUT2D eigenvalue weighted by molar-refractivity contribution is -0.122. The molecule has 6 rings (SSSR count).